The molecule has 2 N–H and O–H groups in total. The molecule has 31 heavy (non-hydrogen) atoms. The van der Waals surface area contributed by atoms with Crippen molar-refractivity contribution in [2.75, 3.05) is 10.6 Å². The Bertz CT molecular complexity index is 1310. The Labute approximate surface area is 188 Å². The van der Waals surface area contributed by atoms with Crippen LogP contribution in [0.3, 0.4) is 0 Å². The number of nitrogens with one attached hydrogen (secondary N) is 2. The van der Waals surface area contributed by atoms with E-state index >= 15 is 0 Å². The Balaban J connectivity index is 1.49. The Morgan fingerprint density at radius 2 is 1.90 bits per heavy atom. The number of carbonyl (C=O) groups excluding carboxylic acids is 1. The second-order valence-corrected chi connectivity index (χ2v) is 7.63. The normalized spacial score (nSPS) is 11.7. The molecular weight excluding hydrogens is 435 g/mol. The van der Waals surface area contributed by atoms with E-state index in [0.29, 0.717) is 44.0 Å². The van der Waals surface area contributed by atoms with E-state index in [-0.39, 0.29) is 5.91 Å². The maximum absolute atomic E-state index is 12.6. The molecule has 8 heteroatoms. The summed E-state index contributed by atoms with van der Waals surface area (Å²) in [6.07, 6.45) is 0. The number of fused-ring (bicyclic) bond motifs is 1. The van der Waals surface area contributed by atoms with E-state index in [1.165, 1.54) is 0 Å². The van der Waals surface area contributed by atoms with Crippen molar-refractivity contribution < 1.29 is 9.21 Å². The molecule has 1 aromatic heterocycles. The number of benzene rings is 3. The monoisotopic (exact) mass is 450 g/mol. The second-order valence-electron chi connectivity index (χ2n) is 6.85. The Morgan fingerprint density at radius 3 is 2.65 bits per heavy atom. The molecule has 0 saturated carbocycles. The molecule has 0 aliphatic rings. The molecule has 4 rings (SSSR count). The number of aromatic nitrogens is 1. The fourth-order valence-electron chi connectivity index (χ4n) is 2.98. The molecule has 3 aromatic carbocycles. The molecule has 0 fully saturated rings. The van der Waals surface area contributed by atoms with Gasteiger partial charge in [-0.2, -0.15) is 5.26 Å². The van der Waals surface area contributed by atoms with Gasteiger partial charge in [0.05, 0.1) is 27.4 Å². The largest absolute Gasteiger partial charge is 0.436 e. The van der Waals surface area contributed by atoms with Crippen molar-refractivity contribution in [3.05, 3.63) is 76.3 Å². The summed E-state index contributed by atoms with van der Waals surface area (Å²) < 4.78 is 5.79. The Kier molecular flexibility index (Phi) is 5.81. The van der Waals surface area contributed by atoms with Gasteiger partial charge in [0.2, 0.25) is 11.8 Å². The van der Waals surface area contributed by atoms with Crippen molar-refractivity contribution in [2.45, 2.75) is 13.0 Å². The minimum atomic E-state index is -0.557. The predicted molar refractivity (Wildman–Crippen MR) is 122 cm³/mol. The lowest BCUT2D eigenvalue weighted by atomic mass is 10.1. The van der Waals surface area contributed by atoms with Gasteiger partial charge in [-0.25, -0.2) is 4.98 Å². The minimum Gasteiger partial charge on any atom is -0.436 e. The van der Waals surface area contributed by atoms with E-state index in [0.717, 1.165) is 5.56 Å². The average molecular weight is 451 g/mol. The lowest BCUT2D eigenvalue weighted by Gasteiger charge is -2.16. The van der Waals surface area contributed by atoms with Gasteiger partial charge in [0.15, 0.2) is 5.58 Å². The van der Waals surface area contributed by atoms with Gasteiger partial charge in [0.25, 0.3) is 0 Å². The highest BCUT2D eigenvalue weighted by Crippen LogP contribution is 2.30. The van der Waals surface area contributed by atoms with Crippen LogP contribution >= 0.6 is 23.2 Å². The van der Waals surface area contributed by atoms with E-state index in [1.807, 2.05) is 0 Å². The second kappa shape index (κ2) is 8.68. The molecule has 0 bridgehead atoms. The van der Waals surface area contributed by atoms with Crippen LogP contribution in [0, 0.1) is 11.3 Å². The first-order valence-corrected chi connectivity index (χ1v) is 10.1. The number of nitriles is 1. The molecule has 1 amide bonds. The maximum Gasteiger partial charge on any atom is 0.246 e. The molecule has 0 aliphatic carbocycles. The first kappa shape index (κ1) is 20.7. The number of hydrogen-bond donors (Lipinski definition) is 2. The molecule has 1 heterocycles. The molecule has 4 aromatic rings. The van der Waals surface area contributed by atoms with Crippen molar-refractivity contribution in [3.63, 3.8) is 0 Å². The van der Waals surface area contributed by atoms with Gasteiger partial charge in [-0.05, 0) is 61.5 Å². The molecule has 0 radical (unpaired) electrons. The lowest BCUT2D eigenvalue weighted by molar-refractivity contribution is -0.116. The summed E-state index contributed by atoms with van der Waals surface area (Å²) in [7, 11) is 0. The number of nitrogens with zero attached hydrogens (tertiary/aromatic N) is 2. The van der Waals surface area contributed by atoms with E-state index in [4.69, 9.17) is 32.9 Å². The summed E-state index contributed by atoms with van der Waals surface area (Å²) in [5.74, 6) is 0.194. The first-order chi connectivity index (χ1) is 14.9. The molecular formula is C23H16Cl2N4O2. The van der Waals surface area contributed by atoms with Crippen LogP contribution < -0.4 is 10.6 Å². The smallest absolute Gasteiger partial charge is 0.246 e. The standard InChI is InChI=1S/C23H16Cl2N4O2/c1-13(27-18-4-2-3-17(24)21(18)25)22(30)28-16-9-10-20-19(11-16)29-23(31-20)15-7-5-14(12-26)6-8-15/h2-11,13,27H,1H3,(H,28,30)/t13-/m0/s1. The SMILES string of the molecule is C[C@H](Nc1cccc(Cl)c1Cl)C(=O)Nc1ccc2oc(-c3ccc(C#N)cc3)nc2c1. The van der Waals surface area contributed by atoms with Crippen LogP contribution in [0.1, 0.15) is 12.5 Å². The van der Waals surface area contributed by atoms with Crippen molar-refractivity contribution in [2.24, 2.45) is 0 Å². The number of amides is 1. The van der Waals surface area contributed by atoms with E-state index < -0.39 is 6.04 Å². The van der Waals surface area contributed by atoms with Crippen LogP contribution in [0.5, 0.6) is 0 Å². The van der Waals surface area contributed by atoms with Crippen LogP contribution in [0.4, 0.5) is 11.4 Å². The molecule has 6 nitrogen and oxygen atoms in total. The van der Waals surface area contributed by atoms with Crippen molar-refractivity contribution in [3.8, 4) is 17.5 Å². The number of oxazole rings is 1. The highest BCUT2D eigenvalue weighted by atomic mass is 35.5. The van der Waals surface area contributed by atoms with Crippen molar-refractivity contribution in [1.29, 1.82) is 5.26 Å². The average Bonchev–Trinajstić information content (AvgIpc) is 3.20. The van der Waals surface area contributed by atoms with Crippen LogP contribution in [0.25, 0.3) is 22.6 Å². The predicted octanol–water partition coefficient (Wildman–Crippen LogP) is 6.11. The quantitative estimate of drug-likeness (QED) is 0.382. The Hall–Kier alpha value is -3.53. The van der Waals surface area contributed by atoms with E-state index in [1.54, 1.807) is 67.6 Å². The van der Waals surface area contributed by atoms with Gasteiger partial charge in [-0.1, -0.05) is 29.3 Å². The third kappa shape index (κ3) is 4.48. The van der Waals surface area contributed by atoms with Crippen LogP contribution in [0.2, 0.25) is 10.0 Å². The third-order valence-corrected chi connectivity index (χ3v) is 5.45. The highest BCUT2D eigenvalue weighted by molar-refractivity contribution is 6.43. The fraction of sp³-hybridized carbons (Fsp3) is 0.0870. The summed E-state index contributed by atoms with van der Waals surface area (Å²) in [6, 6.07) is 18.9. The summed E-state index contributed by atoms with van der Waals surface area (Å²) in [5.41, 5.74) is 3.69. The van der Waals surface area contributed by atoms with Crippen LogP contribution in [-0.4, -0.2) is 16.9 Å². The first-order valence-electron chi connectivity index (χ1n) is 9.37. The lowest BCUT2D eigenvalue weighted by Crippen LogP contribution is -2.31. The van der Waals surface area contributed by atoms with E-state index in [2.05, 4.69) is 21.7 Å². The summed E-state index contributed by atoms with van der Waals surface area (Å²) >= 11 is 12.2. The number of halogens is 2. The van der Waals surface area contributed by atoms with Crippen LogP contribution in [-0.2, 0) is 4.79 Å². The van der Waals surface area contributed by atoms with Gasteiger partial charge in [-0.15, -0.1) is 0 Å². The summed E-state index contributed by atoms with van der Waals surface area (Å²) in [5, 5.41) is 15.6. The van der Waals surface area contributed by atoms with Gasteiger partial charge in [0, 0.05) is 11.3 Å². The third-order valence-electron chi connectivity index (χ3n) is 4.63. The summed E-state index contributed by atoms with van der Waals surface area (Å²) in [6.45, 7) is 1.73. The topological polar surface area (TPSA) is 91.0 Å². The molecule has 0 saturated heterocycles. The number of anilines is 2. The van der Waals surface area contributed by atoms with Gasteiger partial charge in [-0.3, -0.25) is 4.79 Å². The van der Waals surface area contributed by atoms with Crippen molar-refractivity contribution in [1.82, 2.24) is 4.98 Å². The van der Waals surface area contributed by atoms with Crippen molar-refractivity contribution >= 4 is 51.6 Å². The number of rotatable bonds is 5. The number of hydrogen-bond acceptors (Lipinski definition) is 5. The fourth-order valence-corrected chi connectivity index (χ4v) is 3.34. The maximum atomic E-state index is 12.6. The van der Waals surface area contributed by atoms with Crippen LogP contribution in [0.15, 0.2) is 65.1 Å². The van der Waals surface area contributed by atoms with Gasteiger partial charge < -0.3 is 15.1 Å². The molecule has 0 aliphatic heterocycles. The van der Waals surface area contributed by atoms with E-state index in [9.17, 15) is 4.79 Å². The molecule has 0 unspecified atom stereocenters. The zero-order chi connectivity index (χ0) is 22.0. The molecule has 0 spiro atoms. The minimum absolute atomic E-state index is 0.244. The van der Waals surface area contributed by atoms with Gasteiger partial charge >= 0.3 is 0 Å². The molecule has 154 valence electrons. The molecule has 1 atom stereocenters. The Morgan fingerprint density at radius 1 is 1.13 bits per heavy atom. The number of carbonyl (C=O) groups is 1. The van der Waals surface area contributed by atoms with Gasteiger partial charge in [0.1, 0.15) is 11.6 Å². The zero-order valence-electron chi connectivity index (χ0n) is 16.3. The zero-order valence-corrected chi connectivity index (χ0v) is 17.8. The summed E-state index contributed by atoms with van der Waals surface area (Å²) in [4.78, 5) is 17.1. The highest BCUT2D eigenvalue weighted by Gasteiger charge is 2.16.